The second-order valence-corrected chi connectivity index (χ2v) is 10.3. The molecule has 0 unspecified atom stereocenters. The van der Waals surface area contributed by atoms with Crippen LogP contribution in [0.2, 0.25) is 0 Å². The molecule has 1 aliphatic heterocycles. The highest BCUT2D eigenvalue weighted by molar-refractivity contribution is 5.65. The molecule has 1 aliphatic rings. The number of benzene rings is 2. The van der Waals surface area contributed by atoms with Crippen LogP contribution in [0.25, 0.3) is 22.8 Å². The van der Waals surface area contributed by atoms with Gasteiger partial charge in [-0.2, -0.15) is 18.4 Å². The van der Waals surface area contributed by atoms with E-state index in [1.165, 1.54) is 10.1 Å². The Morgan fingerprint density at radius 1 is 1.05 bits per heavy atom. The molecule has 0 spiro atoms. The molecular formula is C30H30F3N7. The lowest BCUT2D eigenvalue weighted by molar-refractivity contribution is -0.140. The van der Waals surface area contributed by atoms with Gasteiger partial charge in [0.1, 0.15) is 11.6 Å². The number of aryl methyl sites for hydroxylation is 1. The summed E-state index contributed by atoms with van der Waals surface area (Å²) in [6.45, 7) is 6.43. The zero-order valence-electron chi connectivity index (χ0n) is 22.6. The van der Waals surface area contributed by atoms with Crippen LogP contribution >= 0.6 is 0 Å². The van der Waals surface area contributed by atoms with Gasteiger partial charge in [0.2, 0.25) is 0 Å². The van der Waals surface area contributed by atoms with E-state index < -0.39 is 11.9 Å². The summed E-state index contributed by atoms with van der Waals surface area (Å²) in [6.07, 6.45) is -2.77. The summed E-state index contributed by atoms with van der Waals surface area (Å²) < 4.78 is 40.7. The van der Waals surface area contributed by atoms with Crippen LogP contribution in [0.3, 0.4) is 0 Å². The molecule has 40 heavy (non-hydrogen) atoms. The second kappa shape index (κ2) is 11.1. The largest absolute Gasteiger partial charge is 0.434 e. The van der Waals surface area contributed by atoms with Crippen molar-refractivity contribution in [1.82, 2.24) is 24.4 Å². The van der Waals surface area contributed by atoms with Gasteiger partial charge >= 0.3 is 6.18 Å². The van der Waals surface area contributed by atoms with Gasteiger partial charge in [0, 0.05) is 56.0 Å². The van der Waals surface area contributed by atoms with Crippen LogP contribution in [0.15, 0.2) is 54.7 Å². The summed E-state index contributed by atoms with van der Waals surface area (Å²) in [4.78, 5) is 15.8. The fourth-order valence-corrected chi connectivity index (χ4v) is 5.00. The fraction of sp³-hybridized carbons (Fsp3) is 0.333. The number of anilines is 1. The number of nitrogens with one attached hydrogen (secondary N) is 1. The SMILES string of the molecule is CC(C)c1ccccc1-c1nc2c(c(NCc3ccc(-c4nc(C(F)(F)F)cn4C)cc3)n1)CN(CC#N)CC2. The summed E-state index contributed by atoms with van der Waals surface area (Å²) >= 11 is 0. The summed E-state index contributed by atoms with van der Waals surface area (Å²) in [6, 6.07) is 17.7. The Balaban J connectivity index is 1.43. The average Bonchev–Trinajstić information content (AvgIpc) is 3.34. The van der Waals surface area contributed by atoms with Gasteiger partial charge in [0.25, 0.3) is 0 Å². The molecule has 1 N–H and O–H groups in total. The topological polar surface area (TPSA) is 82.7 Å². The number of aromatic nitrogens is 4. The number of hydrogen-bond donors (Lipinski definition) is 1. The number of fused-ring (bicyclic) bond motifs is 1. The maximum absolute atomic E-state index is 13.1. The molecule has 0 saturated carbocycles. The Morgan fingerprint density at radius 3 is 2.48 bits per heavy atom. The van der Waals surface area contributed by atoms with E-state index in [0.29, 0.717) is 36.9 Å². The molecule has 0 amide bonds. The Kier molecular flexibility index (Phi) is 7.59. The van der Waals surface area contributed by atoms with Crippen molar-refractivity contribution in [3.63, 3.8) is 0 Å². The molecule has 0 bridgehead atoms. The lowest BCUT2D eigenvalue weighted by Gasteiger charge is -2.28. The first-order chi connectivity index (χ1) is 19.1. The Hall–Kier alpha value is -4.23. The molecule has 5 rings (SSSR count). The maximum Gasteiger partial charge on any atom is 0.434 e. The third-order valence-electron chi connectivity index (χ3n) is 7.10. The average molecular weight is 546 g/mol. The standard InChI is InChI=1S/C30H30F3N7/c1-19(2)22-6-4-5-7-23(22)28-36-25-12-14-40(15-13-34)17-24(25)27(38-28)35-16-20-8-10-21(11-9-20)29-37-26(18-39(29)3)30(31,32)33/h4-11,18-19H,12,14-17H2,1-3H3,(H,35,36,38). The minimum Gasteiger partial charge on any atom is -0.366 e. The van der Waals surface area contributed by atoms with E-state index in [4.69, 9.17) is 9.97 Å². The van der Waals surface area contributed by atoms with Gasteiger partial charge < -0.3 is 9.88 Å². The number of hydrogen-bond acceptors (Lipinski definition) is 6. The fourth-order valence-electron chi connectivity index (χ4n) is 5.00. The van der Waals surface area contributed by atoms with Gasteiger partial charge in [-0.3, -0.25) is 4.90 Å². The first-order valence-electron chi connectivity index (χ1n) is 13.2. The van der Waals surface area contributed by atoms with Crippen LogP contribution in [0.5, 0.6) is 0 Å². The lowest BCUT2D eigenvalue weighted by Crippen LogP contribution is -2.32. The van der Waals surface area contributed by atoms with Gasteiger partial charge in [-0.1, -0.05) is 62.4 Å². The molecule has 0 aliphatic carbocycles. The van der Waals surface area contributed by atoms with Gasteiger partial charge in [-0.05, 0) is 17.0 Å². The van der Waals surface area contributed by atoms with E-state index in [1.54, 1.807) is 19.2 Å². The normalized spacial score (nSPS) is 13.8. The Morgan fingerprint density at radius 2 is 1.80 bits per heavy atom. The van der Waals surface area contributed by atoms with Crippen LogP contribution in [-0.2, 0) is 32.7 Å². The predicted molar refractivity (Wildman–Crippen MR) is 147 cm³/mol. The van der Waals surface area contributed by atoms with E-state index >= 15 is 0 Å². The zero-order valence-corrected chi connectivity index (χ0v) is 22.6. The summed E-state index contributed by atoms with van der Waals surface area (Å²) in [7, 11) is 1.55. The maximum atomic E-state index is 13.1. The number of halogens is 3. The molecule has 10 heteroatoms. The first kappa shape index (κ1) is 27.3. The lowest BCUT2D eigenvalue weighted by atomic mass is 9.96. The van der Waals surface area contributed by atoms with E-state index in [9.17, 15) is 18.4 Å². The van der Waals surface area contributed by atoms with Crippen molar-refractivity contribution in [2.24, 2.45) is 7.05 Å². The van der Waals surface area contributed by atoms with Crippen molar-refractivity contribution in [1.29, 1.82) is 5.26 Å². The first-order valence-corrected chi connectivity index (χ1v) is 13.2. The Labute approximate surface area is 231 Å². The molecular weight excluding hydrogens is 515 g/mol. The van der Waals surface area contributed by atoms with Crippen LogP contribution in [0, 0.1) is 11.3 Å². The van der Waals surface area contributed by atoms with E-state index in [0.717, 1.165) is 47.4 Å². The third kappa shape index (κ3) is 5.70. The van der Waals surface area contributed by atoms with Crippen molar-refractivity contribution < 1.29 is 13.2 Å². The van der Waals surface area contributed by atoms with Crippen LogP contribution < -0.4 is 5.32 Å². The molecule has 0 atom stereocenters. The molecule has 0 radical (unpaired) electrons. The monoisotopic (exact) mass is 545 g/mol. The molecule has 0 saturated heterocycles. The van der Waals surface area contributed by atoms with Crippen molar-refractivity contribution in [3.05, 3.63) is 82.8 Å². The highest BCUT2D eigenvalue weighted by Gasteiger charge is 2.34. The van der Waals surface area contributed by atoms with E-state index in [2.05, 4.69) is 41.2 Å². The molecule has 4 aromatic rings. The van der Waals surface area contributed by atoms with Crippen LogP contribution in [0.1, 0.15) is 47.8 Å². The van der Waals surface area contributed by atoms with E-state index in [-0.39, 0.29) is 5.82 Å². The highest BCUT2D eigenvalue weighted by Crippen LogP contribution is 2.33. The number of nitrogens with zero attached hydrogens (tertiary/aromatic N) is 6. The predicted octanol–water partition coefficient (Wildman–Crippen LogP) is 6.18. The van der Waals surface area contributed by atoms with Crippen molar-refractivity contribution in [3.8, 4) is 28.8 Å². The van der Waals surface area contributed by atoms with Crippen LogP contribution in [0.4, 0.5) is 19.0 Å². The number of nitriles is 1. The van der Waals surface area contributed by atoms with Gasteiger partial charge in [-0.15, -0.1) is 0 Å². The minimum atomic E-state index is -4.49. The zero-order chi connectivity index (χ0) is 28.4. The smallest absolute Gasteiger partial charge is 0.366 e. The van der Waals surface area contributed by atoms with Gasteiger partial charge in [0.15, 0.2) is 11.5 Å². The van der Waals surface area contributed by atoms with Crippen molar-refractivity contribution in [2.75, 3.05) is 18.4 Å². The highest BCUT2D eigenvalue weighted by atomic mass is 19.4. The minimum absolute atomic E-state index is 0.253. The van der Waals surface area contributed by atoms with E-state index in [1.807, 2.05) is 30.3 Å². The number of imidazole rings is 1. The molecule has 2 aromatic carbocycles. The van der Waals surface area contributed by atoms with Crippen molar-refractivity contribution >= 4 is 5.82 Å². The molecule has 0 fully saturated rings. The molecule has 206 valence electrons. The molecule has 2 aromatic heterocycles. The summed E-state index contributed by atoms with van der Waals surface area (Å²) in [5.41, 5.74) is 4.76. The second-order valence-electron chi connectivity index (χ2n) is 10.3. The number of rotatable bonds is 7. The van der Waals surface area contributed by atoms with Crippen molar-refractivity contribution in [2.45, 2.75) is 45.5 Å². The van der Waals surface area contributed by atoms with Gasteiger partial charge in [0.05, 0.1) is 18.3 Å². The molecule has 3 heterocycles. The number of alkyl halides is 3. The summed E-state index contributed by atoms with van der Waals surface area (Å²) in [5.74, 6) is 1.96. The Bertz CT molecular complexity index is 1550. The quantitative estimate of drug-likeness (QED) is 0.279. The molecule has 7 nitrogen and oxygen atoms in total. The van der Waals surface area contributed by atoms with Gasteiger partial charge in [-0.25, -0.2) is 15.0 Å². The summed E-state index contributed by atoms with van der Waals surface area (Å²) in [5, 5.41) is 12.7. The third-order valence-corrected chi connectivity index (χ3v) is 7.10. The van der Waals surface area contributed by atoms with Crippen LogP contribution in [-0.4, -0.2) is 37.5 Å².